The van der Waals surface area contributed by atoms with Crippen LogP contribution in [-0.2, 0) is 0 Å². The smallest absolute Gasteiger partial charge is 0.0547 e. The van der Waals surface area contributed by atoms with E-state index in [0.29, 0.717) is 0 Å². The predicted molar refractivity (Wildman–Crippen MR) is 198 cm³/mol. The molecule has 0 atom stereocenters. The summed E-state index contributed by atoms with van der Waals surface area (Å²) in [7, 11) is 0. The fraction of sp³-hybridized carbons (Fsp3) is 0. The summed E-state index contributed by atoms with van der Waals surface area (Å²) in [6, 6.07) is 63.8. The number of aromatic nitrogens is 1. The van der Waals surface area contributed by atoms with Crippen LogP contribution in [-0.4, -0.2) is 4.57 Å². The highest BCUT2D eigenvalue weighted by Gasteiger charge is 2.21. The highest BCUT2D eigenvalue weighted by Crippen LogP contribution is 2.49. The molecule has 46 heavy (non-hydrogen) atoms. The van der Waals surface area contributed by atoms with Gasteiger partial charge in [-0.25, -0.2) is 0 Å². The third kappa shape index (κ3) is 4.38. The Bertz CT molecular complexity index is 2500. The lowest BCUT2D eigenvalue weighted by Crippen LogP contribution is -1.94. The van der Waals surface area contributed by atoms with Crippen LogP contribution < -0.4 is 0 Å². The third-order valence-electron chi connectivity index (χ3n) is 9.01. The molecule has 0 amide bonds. The molecule has 2 heterocycles. The molecular weight excluding hydrogens is 575 g/mol. The molecule has 0 N–H and O–H groups in total. The Morgan fingerprint density at radius 1 is 0.326 bits per heavy atom. The lowest BCUT2D eigenvalue weighted by molar-refractivity contribution is 1.18. The molecule has 9 aromatic rings. The second-order valence-electron chi connectivity index (χ2n) is 11.7. The standard InChI is InChI=1S/C44H29NS/c1-4-15-30(16-5-1)32-19-14-20-33(27-32)43-36-24-10-11-25-37(36)44(46-43)40-29-42-39(28-38(40)31-17-6-2-7-18-31)35-23-12-13-26-41(35)45(42)34-21-8-3-9-22-34/h1-29H. The molecule has 0 spiro atoms. The van der Waals surface area contributed by atoms with Crippen LogP contribution in [0.4, 0.5) is 0 Å². The van der Waals surface area contributed by atoms with Crippen molar-refractivity contribution >= 4 is 43.9 Å². The molecule has 0 aliphatic carbocycles. The van der Waals surface area contributed by atoms with Crippen molar-refractivity contribution in [2.24, 2.45) is 0 Å². The van der Waals surface area contributed by atoms with E-state index in [2.05, 4.69) is 180 Å². The summed E-state index contributed by atoms with van der Waals surface area (Å²) in [6.07, 6.45) is 0. The minimum atomic E-state index is 1.17. The number of nitrogens with zero attached hydrogens (tertiary/aromatic N) is 1. The van der Waals surface area contributed by atoms with Crippen molar-refractivity contribution in [3.63, 3.8) is 0 Å². The van der Waals surface area contributed by atoms with Gasteiger partial charge in [-0.1, -0.05) is 140 Å². The molecule has 0 saturated heterocycles. The molecule has 0 fully saturated rings. The first-order chi connectivity index (χ1) is 22.8. The molecule has 0 saturated carbocycles. The first-order valence-electron chi connectivity index (χ1n) is 15.7. The Morgan fingerprint density at radius 2 is 0.891 bits per heavy atom. The minimum absolute atomic E-state index is 1.17. The van der Waals surface area contributed by atoms with Gasteiger partial charge in [-0.15, -0.1) is 11.3 Å². The maximum Gasteiger partial charge on any atom is 0.0547 e. The van der Waals surface area contributed by atoms with Gasteiger partial charge in [0, 0.05) is 42.6 Å². The number of hydrogen-bond acceptors (Lipinski definition) is 1. The largest absolute Gasteiger partial charge is 0.309 e. The number of para-hydroxylation sites is 2. The van der Waals surface area contributed by atoms with Crippen LogP contribution in [0.1, 0.15) is 0 Å². The molecular formula is C44H29NS. The van der Waals surface area contributed by atoms with E-state index >= 15 is 0 Å². The topological polar surface area (TPSA) is 4.93 Å². The van der Waals surface area contributed by atoms with Gasteiger partial charge in [-0.3, -0.25) is 0 Å². The van der Waals surface area contributed by atoms with E-state index in [1.54, 1.807) is 0 Å². The van der Waals surface area contributed by atoms with Gasteiger partial charge < -0.3 is 4.57 Å². The fourth-order valence-electron chi connectivity index (χ4n) is 6.89. The van der Waals surface area contributed by atoms with Crippen molar-refractivity contribution in [2.75, 3.05) is 0 Å². The van der Waals surface area contributed by atoms with Gasteiger partial charge in [0.25, 0.3) is 0 Å². The molecule has 0 aliphatic heterocycles. The van der Waals surface area contributed by atoms with E-state index in [9.17, 15) is 0 Å². The van der Waals surface area contributed by atoms with Gasteiger partial charge >= 0.3 is 0 Å². The Kier molecular flexibility index (Phi) is 6.40. The van der Waals surface area contributed by atoms with Crippen molar-refractivity contribution in [2.45, 2.75) is 0 Å². The van der Waals surface area contributed by atoms with Crippen molar-refractivity contribution in [3.05, 3.63) is 176 Å². The van der Waals surface area contributed by atoms with Gasteiger partial charge in [0.15, 0.2) is 0 Å². The lowest BCUT2D eigenvalue weighted by Gasteiger charge is -2.13. The summed E-state index contributed by atoms with van der Waals surface area (Å²) >= 11 is 1.90. The van der Waals surface area contributed by atoms with E-state index in [1.165, 1.54) is 81.4 Å². The van der Waals surface area contributed by atoms with Crippen LogP contribution in [0.15, 0.2) is 176 Å². The lowest BCUT2D eigenvalue weighted by atomic mass is 9.94. The Labute approximate surface area is 272 Å². The Morgan fingerprint density at radius 3 is 1.63 bits per heavy atom. The number of fused-ring (bicyclic) bond motifs is 4. The summed E-state index contributed by atoms with van der Waals surface area (Å²) in [5, 5.41) is 5.10. The number of thiophene rings is 1. The van der Waals surface area contributed by atoms with E-state index < -0.39 is 0 Å². The maximum absolute atomic E-state index is 2.44. The van der Waals surface area contributed by atoms with Gasteiger partial charge in [0.1, 0.15) is 0 Å². The summed E-state index contributed by atoms with van der Waals surface area (Å²) < 4.78 is 2.42. The van der Waals surface area contributed by atoms with Gasteiger partial charge in [-0.2, -0.15) is 0 Å². The third-order valence-corrected chi connectivity index (χ3v) is 10.3. The van der Waals surface area contributed by atoms with E-state index in [-0.39, 0.29) is 0 Å². The van der Waals surface area contributed by atoms with Crippen molar-refractivity contribution < 1.29 is 0 Å². The summed E-state index contributed by atoms with van der Waals surface area (Å²) in [5.74, 6) is 0. The zero-order valence-electron chi connectivity index (χ0n) is 25.1. The fourth-order valence-corrected chi connectivity index (χ4v) is 8.19. The number of benzene rings is 7. The molecule has 2 aromatic heterocycles. The van der Waals surface area contributed by atoms with Crippen LogP contribution in [0.25, 0.3) is 81.4 Å². The van der Waals surface area contributed by atoms with Gasteiger partial charge in [-0.05, 0) is 64.2 Å². The molecule has 216 valence electrons. The first kappa shape index (κ1) is 26.7. The molecule has 0 aliphatic rings. The normalized spacial score (nSPS) is 11.5. The van der Waals surface area contributed by atoms with E-state index in [1.807, 2.05) is 11.3 Å². The molecule has 7 aromatic carbocycles. The summed E-state index contributed by atoms with van der Waals surface area (Å²) in [4.78, 5) is 2.59. The maximum atomic E-state index is 2.44. The number of hydrogen-bond donors (Lipinski definition) is 0. The zero-order chi connectivity index (χ0) is 30.5. The van der Waals surface area contributed by atoms with E-state index in [4.69, 9.17) is 0 Å². The van der Waals surface area contributed by atoms with Crippen molar-refractivity contribution in [1.29, 1.82) is 0 Å². The second-order valence-corrected chi connectivity index (χ2v) is 12.7. The monoisotopic (exact) mass is 603 g/mol. The van der Waals surface area contributed by atoms with Crippen LogP contribution in [0.5, 0.6) is 0 Å². The Balaban J connectivity index is 1.35. The summed E-state index contributed by atoms with van der Waals surface area (Å²) in [5.41, 5.74) is 11.0. The number of rotatable bonds is 5. The van der Waals surface area contributed by atoms with Crippen LogP contribution in [0, 0.1) is 0 Å². The predicted octanol–water partition coefficient (Wildman–Crippen LogP) is 12.7. The SMILES string of the molecule is c1ccc(-c2cccc(-c3sc(-c4cc5c(cc4-c4ccccc4)c4ccccc4n5-c4ccccc4)c4ccccc34)c2)cc1. The molecule has 9 rings (SSSR count). The second kappa shape index (κ2) is 11.0. The van der Waals surface area contributed by atoms with Gasteiger partial charge in [0.2, 0.25) is 0 Å². The molecule has 0 radical (unpaired) electrons. The van der Waals surface area contributed by atoms with Crippen molar-refractivity contribution in [3.8, 4) is 48.8 Å². The molecule has 2 heteroatoms. The highest BCUT2D eigenvalue weighted by atomic mass is 32.1. The minimum Gasteiger partial charge on any atom is -0.309 e. The highest BCUT2D eigenvalue weighted by molar-refractivity contribution is 7.21. The van der Waals surface area contributed by atoms with Gasteiger partial charge in [0.05, 0.1) is 11.0 Å². The average molecular weight is 604 g/mol. The quantitative estimate of drug-likeness (QED) is 0.184. The van der Waals surface area contributed by atoms with Crippen molar-refractivity contribution in [1.82, 2.24) is 4.57 Å². The first-order valence-corrected chi connectivity index (χ1v) is 16.5. The average Bonchev–Trinajstić information content (AvgIpc) is 3.68. The van der Waals surface area contributed by atoms with Crippen LogP contribution >= 0.6 is 11.3 Å². The Hall–Kier alpha value is -5.70. The van der Waals surface area contributed by atoms with E-state index in [0.717, 1.165) is 0 Å². The zero-order valence-corrected chi connectivity index (χ0v) is 25.9. The molecule has 0 unspecified atom stereocenters. The van der Waals surface area contributed by atoms with Crippen LogP contribution in [0.3, 0.4) is 0 Å². The summed E-state index contributed by atoms with van der Waals surface area (Å²) in [6.45, 7) is 0. The molecule has 0 bridgehead atoms. The van der Waals surface area contributed by atoms with Crippen LogP contribution in [0.2, 0.25) is 0 Å². The molecule has 1 nitrogen and oxygen atoms in total.